The molecule has 2 aromatic rings. The SMILES string of the molecule is O=C(CSc1nc(Cl)cc(N2CCCCC2)n1)N1CCN(CC=Cc2ccccc2)CC1. The van der Waals surface area contributed by atoms with E-state index in [2.05, 4.69) is 44.1 Å². The van der Waals surface area contributed by atoms with E-state index in [1.807, 2.05) is 29.2 Å². The minimum atomic E-state index is 0.137. The predicted octanol–water partition coefficient (Wildman–Crippen LogP) is 4.07. The maximum atomic E-state index is 12.7. The largest absolute Gasteiger partial charge is 0.356 e. The van der Waals surface area contributed by atoms with Crippen LogP contribution in [0.5, 0.6) is 0 Å². The Bertz CT molecular complexity index is 912. The van der Waals surface area contributed by atoms with Crippen molar-refractivity contribution in [3.05, 3.63) is 53.2 Å². The highest BCUT2D eigenvalue weighted by molar-refractivity contribution is 7.99. The van der Waals surface area contributed by atoms with Gasteiger partial charge in [-0.2, -0.15) is 0 Å². The van der Waals surface area contributed by atoms with E-state index in [-0.39, 0.29) is 5.91 Å². The number of hydrogen-bond acceptors (Lipinski definition) is 6. The first kappa shape index (κ1) is 23.1. The molecule has 1 amide bonds. The quantitative estimate of drug-likeness (QED) is 0.344. The molecule has 0 aliphatic carbocycles. The maximum Gasteiger partial charge on any atom is 0.233 e. The van der Waals surface area contributed by atoms with E-state index in [9.17, 15) is 4.79 Å². The lowest BCUT2D eigenvalue weighted by Gasteiger charge is -2.34. The highest BCUT2D eigenvalue weighted by atomic mass is 35.5. The third-order valence-corrected chi connectivity index (χ3v) is 6.89. The number of benzene rings is 1. The third-order valence-electron chi connectivity index (χ3n) is 5.86. The van der Waals surface area contributed by atoms with Crippen molar-refractivity contribution in [1.82, 2.24) is 19.8 Å². The van der Waals surface area contributed by atoms with E-state index in [4.69, 9.17) is 11.6 Å². The molecule has 3 heterocycles. The molecule has 4 rings (SSSR count). The van der Waals surface area contributed by atoms with Crippen molar-refractivity contribution < 1.29 is 4.79 Å². The second-order valence-corrected chi connectivity index (χ2v) is 9.49. The molecule has 0 atom stereocenters. The molecule has 170 valence electrons. The lowest BCUT2D eigenvalue weighted by molar-refractivity contribution is -0.130. The van der Waals surface area contributed by atoms with Gasteiger partial charge in [0.1, 0.15) is 11.0 Å². The number of anilines is 1. The standard InChI is InChI=1S/C24H30ClN5OS/c25-21-18-22(29-12-5-2-6-13-29)27-24(26-21)32-19-23(31)30-16-14-28(15-17-30)11-7-10-20-8-3-1-4-9-20/h1,3-4,7-10,18H,2,5-6,11-17,19H2. The number of rotatable bonds is 7. The average molecular weight is 472 g/mol. The summed E-state index contributed by atoms with van der Waals surface area (Å²) in [7, 11) is 0. The summed E-state index contributed by atoms with van der Waals surface area (Å²) in [5.74, 6) is 1.35. The summed E-state index contributed by atoms with van der Waals surface area (Å²) in [4.78, 5) is 28.3. The Labute approximate surface area is 199 Å². The Morgan fingerprint density at radius 2 is 1.75 bits per heavy atom. The number of aromatic nitrogens is 2. The molecule has 8 heteroatoms. The average Bonchev–Trinajstić information content (AvgIpc) is 2.84. The van der Waals surface area contributed by atoms with E-state index < -0.39 is 0 Å². The fourth-order valence-electron chi connectivity index (χ4n) is 4.03. The van der Waals surface area contributed by atoms with Gasteiger partial charge in [-0.1, -0.05) is 65.8 Å². The van der Waals surface area contributed by atoms with Gasteiger partial charge < -0.3 is 9.80 Å². The first-order valence-electron chi connectivity index (χ1n) is 11.3. The third kappa shape index (κ3) is 6.70. The van der Waals surface area contributed by atoms with Gasteiger partial charge in [-0.15, -0.1) is 0 Å². The molecule has 0 N–H and O–H groups in total. The molecule has 2 fully saturated rings. The highest BCUT2D eigenvalue weighted by Gasteiger charge is 2.21. The van der Waals surface area contributed by atoms with Crippen LogP contribution in [-0.2, 0) is 4.79 Å². The van der Waals surface area contributed by atoms with E-state index in [0.29, 0.717) is 16.1 Å². The Kier molecular flexibility index (Phi) is 8.42. The molecule has 0 unspecified atom stereocenters. The minimum Gasteiger partial charge on any atom is -0.356 e. The first-order chi connectivity index (χ1) is 15.7. The summed E-state index contributed by atoms with van der Waals surface area (Å²) < 4.78 is 0. The molecule has 2 aliphatic heterocycles. The normalized spacial score (nSPS) is 17.8. The van der Waals surface area contributed by atoms with Crippen molar-refractivity contribution in [2.24, 2.45) is 0 Å². The van der Waals surface area contributed by atoms with Gasteiger partial charge in [0.15, 0.2) is 5.16 Å². The second kappa shape index (κ2) is 11.7. The molecule has 6 nitrogen and oxygen atoms in total. The van der Waals surface area contributed by atoms with Crippen LogP contribution >= 0.6 is 23.4 Å². The van der Waals surface area contributed by atoms with E-state index in [1.165, 1.54) is 36.6 Å². The molecule has 1 aromatic heterocycles. The molecule has 2 saturated heterocycles. The van der Waals surface area contributed by atoms with E-state index in [1.54, 1.807) is 0 Å². The van der Waals surface area contributed by atoms with Gasteiger partial charge >= 0.3 is 0 Å². The topological polar surface area (TPSA) is 52.6 Å². The number of halogens is 1. The Hall–Kier alpha value is -2.09. The smallest absolute Gasteiger partial charge is 0.233 e. The molecule has 1 aromatic carbocycles. The van der Waals surface area contributed by atoms with Crippen molar-refractivity contribution in [1.29, 1.82) is 0 Å². The van der Waals surface area contributed by atoms with Crippen molar-refractivity contribution in [3.63, 3.8) is 0 Å². The summed E-state index contributed by atoms with van der Waals surface area (Å²) in [6.07, 6.45) is 7.96. The second-order valence-electron chi connectivity index (χ2n) is 8.16. The maximum absolute atomic E-state index is 12.7. The lowest BCUT2D eigenvalue weighted by Crippen LogP contribution is -2.49. The van der Waals surface area contributed by atoms with Gasteiger partial charge in [-0.3, -0.25) is 9.69 Å². The molecular weight excluding hydrogens is 442 g/mol. The zero-order valence-electron chi connectivity index (χ0n) is 18.3. The number of carbonyl (C=O) groups excluding carboxylic acids is 1. The Morgan fingerprint density at radius 1 is 1.00 bits per heavy atom. The van der Waals surface area contributed by atoms with E-state index in [0.717, 1.165) is 51.6 Å². The zero-order chi connectivity index (χ0) is 22.2. The summed E-state index contributed by atoms with van der Waals surface area (Å²) in [6.45, 7) is 6.20. The first-order valence-corrected chi connectivity index (χ1v) is 12.7. The van der Waals surface area contributed by atoms with Crippen LogP contribution < -0.4 is 4.90 Å². The van der Waals surface area contributed by atoms with Crippen LogP contribution in [0, 0.1) is 0 Å². The molecule has 0 spiro atoms. The van der Waals surface area contributed by atoms with Gasteiger partial charge in [0.2, 0.25) is 5.91 Å². The fourth-order valence-corrected chi connectivity index (χ4v) is 5.02. The summed E-state index contributed by atoms with van der Waals surface area (Å²) in [5, 5.41) is 1.02. The molecule has 32 heavy (non-hydrogen) atoms. The van der Waals surface area contributed by atoms with Gasteiger partial charge in [-0.05, 0) is 24.8 Å². The van der Waals surface area contributed by atoms with Crippen LogP contribution in [0.25, 0.3) is 6.08 Å². The number of piperazine rings is 1. The van der Waals surface area contributed by atoms with Crippen LogP contribution in [0.2, 0.25) is 5.15 Å². The molecule has 0 bridgehead atoms. The number of nitrogens with zero attached hydrogens (tertiary/aromatic N) is 5. The monoisotopic (exact) mass is 471 g/mol. The number of thioether (sulfide) groups is 1. The number of piperidine rings is 1. The van der Waals surface area contributed by atoms with Gasteiger partial charge in [0.25, 0.3) is 0 Å². The number of amides is 1. The van der Waals surface area contributed by atoms with Crippen LogP contribution in [0.1, 0.15) is 24.8 Å². The molecular formula is C24H30ClN5OS. The zero-order valence-corrected chi connectivity index (χ0v) is 19.9. The van der Waals surface area contributed by atoms with Gasteiger partial charge in [0, 0.05) is 51.9 Å². The molecule has 0 radical (unpaired) electrons. The van der Waals surface area contributed by atoms with Crippen LogP contribution in [-0.4, -0.2) is 77.2 Å². The van der Waals surface area contributed by atoms with Crippen molar-refractivity contribution in [3.8, 4) is 0 Å². The Morgan fingerprint density at radius 3 is 2.50 bits per heavy atom. The highest BCUT2D eigenvalue weighted by Crippen LogP contribution is 2.24. The van der Waals surface area contributed by atoms with Crippen molar-refractivity contribution in [2.45, 2.75) is 24.4 Å². The molecule has 2 aliphatic rings. The fraction of sp³-hybridized carbons (Fsp3) is 0.458. The number of carbonyl (C=O) groups is 1. The van der Waals surface area contributed by atoms with Crippen molar-refractivity contribution >= 4 is 41.2 Å². The minimum absolute atomic E-state index is 0.137. The van der Waals surface area contributed by atoms with Crippen molar-refractivity contribution in [2.75, 3.05) is 56.5 Å². The van der Waals surface area contributed by atoms with Gasteiger partial charge in [0.05, 0.1) is 5.75 Å². The number of hydrogen-bond donors (Lipinski definition) is 0. The predicted molar refractivity (Wildman–Crippen MR) is 132 cm³/mol. The summed E-state index contributed by atoms with van der Waals surface area (Å²) >= 11 is 7.61. The lowest BCUT2D eigenvalue weighted by atomic mass is 10.1. The Balaban J connectivity index is 1.22. The van der Waals surface area contributed by atoms with Crippen LogP contribution in [0.3, 0.4) is 0 Å². The van der Waals surface area contributed by atoms with Crippen LogP contribution in [0.15, 0.2) is 47.6 Å². The van der Waals surface area contributed by atoms with Crippen LogP contribution in [0.4, 0.5) is 5.82 Å². The molecule has 0 saturated carbocycles. The van der Waals surface area contributed by atoms with E-state index >= 15 is 0 Å². The van der Waals surface area contributed by atoms with Gasteiger partial charge in [-0.25, -0.2) is 9.97 Å². The summed E-state index contributed by atoms with van der Waals surface area (Å²) in [5.41, 5.74) is 1.21. The summed E-state index contributed by atoms with van der Waals surface area (Å²) in [6, 6.07) is 12.1.